The maximum atomic E-state index is 11.6. The molecule has 0 atom stereocenters. The largest absolute Gasteiger partial charge is 0.351 e. The summed E-state index contributed by atoms with van der Waals surface area (Å²) in [6.07, 6.45) is 6.71. The highest BCUT2D eigenvalue weighted by Gasteiger charge is 2.20. The third kappa shape index (κ3) is 4.67. The number of nitrogens with one attached hydrogen (secondary N) is 1. The summed E-state index contributed by atoms with van der Waals surface area (Å²) in [5.74, 6) is -0.0891. The molecule has 4 heteroatoms. The van der Waals surface area contributed by atoms with Gasteiger partial charge in [-0.3, -0.25) is 9.78 Å². The Morgan fingerprint density at radius 2 is 2.22 bits per heavy atom. The molecule has 1 N–H and O–H groups in total. The smallest absolute Gasteiger partial charge is 0.244 e. The minimum atomic E-state index is -0.0891. The number of aromatic nitrogens is 1. The van der Waals surface area contributed by atoms with E-state index in [1.165, 1.54) is 6.08 Å². The fraction of sp³-hybridized carbons (Fsp3) is 0.429. The lowest BCUT2D eigenvalue weighted by Gasteiger charge is -2.32. The monoisotopic (exact) mass is 247 g/mol. The molecule has 0 saturated heterocycles. The molecule has 1 heterocycles. The zero-order valence-electron chi connectivity index (χ0n) is 11.5. The fourth-order valence-corrected chi connectivity index (χ4v) is 1.17. The van der Waals surface area contributed by atoms with Crippen LogP contribution in [0.1, 0.15) is 19.4 Å². The van der Waals surface area contributed by atoms with Crippen LogP contribution in [0.15, 0.2) is 30.6 Å². The lowest BCUT2D eigenvalue weighted by atomic mass is 10.0. The molecule has 0 aliphatic carbocycles. The van der Waals surface area contributed by atoms with Crippen LogP contribution in [-0.4, -0.2) is 42.0 Å². The third-order valence-corrected chi connectivity index (χ3v) is 3.02. The Hall–Kier alpha value is -1.68. The summed E-state index contributed by atoms with van der Waals surface area (Å²) >= 11 is 0. The first-order valence-corrected chi connectivity index (χ1v) is 5.95. The molecular formula is C14H21N3O. The van der Waals surface area contributed by atoms with Crippen molar-refractivity contribution in [3.8, 4) is 0 Å². The van der Waals surface area contributed by atoms with Crippen LogP contribution in [-0.2, 0) is 4.79 Å². The summed E-state index contributed by atoms with van der Waals surface area (Å²) < 4.78 is 0. The average Bonchev–Trinajstić information content (AvgIpc) is 2.35. The summed E-state index contributed by atoms with van der Waals surface area (Å²) in [4.78, 5) is 17.7. The minimum absolute atomic E-state index is 0.0577. The zero-order chi connectivity index (χ0) is 13.6. The molecular weight excluding hydrogens is 226 g/mol. The molecule has 0 aromatic carbocycles. The standard InChI is InChI=1S/C14H21N3O/c1-14(2,17(3)4)11-16-13(18)8-7-12-6-5-9-15-10-12/h5-10H,11H2,1-4H3,(H,16,18). The van der Waals surface area contributed by atoms with Crippen molar-refractivity contribution in [2.75, 3.05) is 20.6 Å². The summed E-state index contributed by atoms with van der Waals surface area (Å²) in [7, 11) is 4.00. The number of nitrogens with zero attached hydrogens (tertiary/aromatic N) is 2. The first-order chi connectivity index (χ1) is 8.42. The van der Waals surface area contributed by atoms with Gasteiger partial charge in [0.05, 0.1) is 0 Å². The molecule has 18 heavy (non-hydrogen) atoms. The lowest BCUT2D eigenvalue weighted by Crippen LogP contribution is -2.47. The maximum absolute atomic E-state index is 11.6. The van der Waals surface area contributed by atoms with Crippen LogP contribution in [0.5, 0.6) is 0 Å². The molecule has 1 aromatic heterocycles. The van der Waals surface area contributed by atoms with Crippen molar-refractivity contribution in [1.82, 2.24) is 15.2 Å². The Labute approximate surface area is 109 Å². The number of rotatable bonds is 5. The molecule has 4 nitrogen and oxygen atoms in total. The number of pyridine rings is 1. The Morgan fingerprint density at radius 3 is 2.78 bits per heavy atom. The molecule has 0 aliphatic heterocycles. The number of likely N-dealkylation sites (N-methyl/N-ethyl adjacent to an activating group) is 1. The predicted molar refractivity (Wildman–Crippen MR) is 74.0 cm³/mol. The Kier molecular flexibility index (Phi) is 5.04. The average molecular weight is 247 g/mol. The summed E-state index contributed by atoms with van der Waals surface area (Å²) in [6.45, 7) is 4.77. The maximum Gasteiger partial charge on any atom is 0.244 e. The van der Waals surface area contributed by atoms with Crippen molar-refractivity contribution in [3.05, 3.63) is 36.2 Å². The van der Waals surface area contributed by atoms with Gasteiger partial charge in [-0.25, -0.2) is 0 Å². The normalized spacial score (nSPS) is 12.1. The van der Waals surface area contributed by atoms with E-state index in [2.05, 4.69) is 29.0 Å². The van der Waals surface area contributed by atoms with Crippen molar-refractivity contribution < 1.29 is 4.79 Å². The van der Waals surface area contributed by atoms with Gasteiger partial charge in [-0.1, -0.05) is 6.07 Å². The van der Waals surface area contributed by atoms with Gasteiger partial charge in [0.25, 0.3) is 0 Å². The number of carbonyl (C=O) groups excluding carboxylic acids is 1. The van der Waals surface area contributed by atoms with E-state index in [-0.39, 0.29) is 11.4 Å². The van der Waals surface area contributed by atoms with Gasteiger partial charge in [0.1, 0.15) is 0 Å². The van der Waals surface area contributed by atoms with Crippen molar-refractivity contribution in [3.63, 3.8) is 0 Å². The number of hydrogen-bond donors (Lipinski definition) is 1. The molecule has 0 fully saturated rings. The molecule has 1 amide bonds. The Bertz CT molecular complexity index is 410. The van der Waals surface area contributed by atoms with Crippen LogP contribution >= 0.6 is 0 Å². The van der Waals surface area contributed by atoms with E-state index in [0.717, 1.165) is 5.56 Å². The molecule has 0 bridgehead atoms. The molecule has 0 aliphatic rings. The van der Waals surface area contributed by atoms with E-state index < -0.39 is 0 Å². The van der Waals surface area contributed by atoms with Crippen LogP contribution in [0, 0.1) is 0 Å². The van der Waals surface area contributed by atoms with Gasteiger partial charge in [-0.15, -0.1) is 0 Å². The molecule has 1 rings (SSSR count). The Balaban J connectivity index is 2.46. The van der Waals surface area contributed by atoms with Crippen LogP contribution in [0.4, 0.5) is 0 Å². The summed E-state index contributed by atoms with van der Waals surface area (Å²) in [5, 5.41) is 2.89. The van der Waals surface area contributed by atoms with Crippen molar-refractivity contribution in [1.29, 1.82) is 0 Å². The molecule has 0 radical (unpaired) electrons. The van der Waals surface area contributed by atoms with Gasteiger partial charge < -0.3 is 10.2 Å². The zero-order valence-corrected chi connectivity index (χ0v) is 11.5. The highest BCUT2D eigenvalue weighted by Crippen LogP contribution is 2.07. The Morgan fingerprint density at radius 1 is 1.50 bits per heavy atom. The van der Waals surface area contributed by atoms with Gasteiger partial charge >= 0.3 is 0 Å². The third-order valence-electron chi connectivity index (χ3n) is 3.02. The van der Waals surface area contributed by atoms with Crippen molar-refractivity contribution in [2.24, 2.45) is 0 Å². The SMILES string of the molecule is CN(C)C(C)(C)CNC(=O)C=Cc1cccnc1. The number of hydrogen-bond acceptors (Lipinski definition) is 3. The van der Waals surface area contributed by atoms with Gasteiger partial charge in [0.2, 0.25) is 5.91 Å². The highest BCUT2D eigenvalue weighted by molar-refractivity contribution is 5.91. The van der Waals surface area contributed by atoms with Crippen LogP contribution in [0.25, 0.3) is 6.08 Å². The predicted octanol–water partition coefficient (Wildman–Crippen LogP) is 1.55. The number of amides is 1. The second kappa shape index (κ2) is 6.31. The first kappa shape index (κ1) is 14.4. The van der Waals surface area contributed by atoms with Crippen LogP contribution < -0.4 is 5.32 Å². The molecule has 0 unspecified atom stereocenters. The van der Waals surface area contributed by atoms with Crippen molar-refractivity contribution in [2.45, 2.75) is 19.4 Å². The number of carbonyl (C=O) groups is 1. The van der Waals surface area contributed by atoms with E-state index in [9.17, 15) is 4.79 Å². The van der Waals surface area contributed by atoms with Gasteiger partial charge in [-0.2, -0.15) is 0 Å². The van der Waals surface area contributed by atoms with E-state index in [1.54, 1.807) is 18.5 Å². The van der Waals surface area contributed by atoms with Gasteiger partial charge in [0.15, 0.2) is 0 Å². The first-order valence-electron chi connectivity index (χ1n) is 5.95. The topological polar surface area (TPSA) is 45.2 Å². The van der Waals surface area contributed by atoms with E-state index in [1.807, 2.05) is 26.2 Å². The summed E-state index contributed by atoms with van der Waals surface area (Å²) in [5.41, 5.74) is 0.858. The second-order valence-corrected chi connectivity index (χ2v) is 5.04. The van der Waals surface area contributed by atoms with Gasteiger partial charge in [0, 0.05) is 30.6 Å². The van der Waals surface area contributed by atoms with Crippen molar-refractivity contribution >= 4 is 12.0 Å². The van der Waals surface area contributed by atoms with Crippen LogP contribution in [0.2, 0.25) is 0 Å². The molecule has 0 saturated carbocycles. The van der Waals surface area contributed by atoms with E-state index in [4.69, 9.17) is 0 Å². The summed E-state index contributed by atoms with van der Waals surface area (Å²) in [6, 6.07) is 3.74. The van der Waals surface area contributed by atoms with Crippen LogP contribution in [0.3, 0.4) is 0 Å². The molecule has 98 valence electrons. The second-order valence-electron chi connectivity index (χ2n) is 5.04. The quantitative estimate of drug-likeness (QED) is 0.803. The van der Waals surface area contributed by atoms with E-state index >= 15 is 0 Å². The minimum Gasteiger partial charge on any atom is -0.351 e. The highest BCUT2D eigenvalue weighted by atomic mass is 16.1. The molecule has 0 spiro atoms. The molecule has 1 aromatic rings. The van der Waals surface area contributed by atoms with Gasteiger partial charge in [-0.05, 0) is 45.6 Å². The van der Waals surface area contributed by atoms with E-state index in [0.29, 0.717) is 6.54 Å². The fourth-order valence-electron chi connectivity index (χ4n) is 1.17. The lowest BCUT2D eigenvalue weighted by molar-refractivity contribution is -0.116.